The summed E-state index contributed by atoms with van der Waals surface area (Å²) in [6, 6.07) is 6.59. The van der Waals surface area contributed by atoms with Gasteiger partial charge in [0, 0.05) is 17.7 Å². The van der Waals surface area contributed by atoms with Gasteiger partial charge in [-0.25, -0.2) is 9.45 Å². The van der Waals surface area contributed by atoms with E-state index in [9.17, 15) is 27.2 Å². The Hall–Kier alpha value is -2.89. The van der Waals surface area contributed by atoms with E-state index in [4.69, 9.17) is 32.9 Å². The molecule has 2 aliphatic rings. The average Bonchev–Trinajstić information content (AvgIpc) is 3.43. The molecule has 1 fully saturated rings. The molecule has 2 aliphatic heterocycles. The van der Waals surface area contributed by atoms with Crippen LogP contribution in [0.5, 0.6) is 0 Å². The van der Waals surface area contributed by atoms with Crippen molar-refractivity contribution in [1.29, 1.82) is 0 Å². The summed E-state index contributed by atoms with van der Waals surface area (Å²) in [5.41, 5.74) is -3.07. The van der Waals surface area contributed by atoms with Crippen molar-refractivity contribution in [2.75, 3.05) is 13.2 Å². The fourth-order valence-corrected chi connectivity index (χ4v) is 4.57. The third-order valence-corrected chi connectivity index (χ3v) is 6.56. The van der Waals surface area contributed by atoms with Gasteiger partial charge in [0.05, 0.1) is 16.5 Å². The summed E-state index contributed by atoms with van der Waals surface area (Å²) >= 11 is 11.5. The first-order valence-corrected chi connectivity index (χ1v) is 11.5. The number of carbonyl (C=O) groups excluding carboxylic acids is 2. The van der Waals surface area contributed by atoms with Crippen molar-refractivity contribution in [2.45, 2.75) is 38.1 Å². The lowest BCUT2D eigenvalue weighted by Crippen LogP contribution is -2.51. The van der Waals surface area contributed by atoms with E-state index in [1.807, 2.05) is 0 Å². The van der Waals surface area contributed by atoms with E-state index >= 15 is 0 Å². The molecule has 0 radical (unpaired) electrons. The molecule has 7 nitrogen and oxygen atoms in total. The van der Waals surface area contributed by atoms with Crippen molar-refractivity contribution in [2.24, 2.45) is 5.16 Å². The Labute approximate surface area is 213 Å². The number of alkyl halides is 3. The maximum atomic E-state index is 14.5. The van der Waals surface area contributed by atoms with E-state index in [1.54, 1.807) is 32.0 Å². The van der Waals surface area contributed by atoms with E-state index in [0.717, 1.165) is 22.1 Å². The molecule has 2 aromatic carbocycles. The van der Waals surface area contributed by atoms with Crippen LogP contribution in [0.2, 0.25) is 10.0 Å². The highest BCUT2D eigenvalue weighted by molar-refractivity contribution is 6.35. The fraction of sp³-hybridized carbons (Fsp3) is 0.348. The highest BCUT2D eigenvalue weighted by Gasteiger charge is 2.64. The Morgan fingerprint density at radius 3 is 2.44 bits per heavy atom. The van der Waals surface area contributed by atoms with Gasteiger partial charge in [-0.3, -0.25) is 19.3 Å². The Balaban J connectivity index is 1.80. The third-order valence-electron chi connectivity index (χ3n) is 6.01. The highest BCUT2D eigenvalue weighted by atomic mass is 35.5. The van der Waals surface area contributed by atoms with Gasteiger partial charge in [0.2, 0.25) is 0 Å². The van der Waals surface area contributed by atoms with Crippen LogP contribution >= 0.6 is 23.2 Å². The molecular formula is C23H19Cl2F4N3O4. The van der Waals surface area contributed by atoms with Crippen LogP contribution < -0.4 is 0 Å². The van der Waals surface area contributed by atoms with Crippen LogP contribution in [0.25, 0.3) is 0 Å². The van der Waals surface area contributed by atoms with Gasteiger partial charge < -0.3 is 4.84 Å². The Morgan fingerprint density at radius 2 is 1.89 bits per heavy atom. The zero-order valence-corrected chi connectivity index (χ0v) is 20.4. The number of rotatable bonds is 4. The maximum absolute atomic E-state index is 14.5. The summed E-state index contributed by atoms with van der Waals surface area (Å²) < 4.78 is 57.4. The molecule has 0 aromatic heterocycles. The van der Waals surface area contributed by atoms with Gasteiger partial charge >= 0.3 is 6.18 Å². The number of aryl methyl sites for hydroxylation is 1. The van der Waals surface area contributed by atoms with Gasteiger partial charge in [0.1, 0.15) is 12.6 Å². The van der Waals surface area contributed by atoms with Gasteiger partial charge in [0.25, 0.3) is 17.4 Å². The number of carbonyl (C=O) groups is 2. The largest absolute Gasteiger partial charge is 0.435 e. The van der Waals surface area contributed by atoms with Crippen molar-refractivity contribution in [3.63, 3.8) is 0 Å². The van der Waals surface area contributed by atoms with E-state index in [0.29, 0.717) is 5.56 Å². The fourth-order valence-electron chi connectivity index (χ4n) is 4.08. The summed E-state index contributed by atoms with van der Waals surface area (Å²) in [6.07, 6.45) is -6.10. The number of oxime groups is 1. The van der Waals surface area contributed by atoms with E-state index in [1.165, 1.54) is 6.07 Å². The van der Waals surface area contributed by atoms with Crippen LogP contribution in [0.15, 0.2) is 41.6 Å². The molecule has 4 rings (SSSR count). The van der Waals surface area contributed by atoms with Crippen molar-refractivity contribution < 1.29 is 36.8 Å². The lowest BCUT2D eigenvalue weighted by atomic mass is 9.89. The lowest BCUT2D eigenvalue weighted by molar-refractivity contribution is -0.275. The number of likely N-dealkylation sites (N-methyl/N-ethyl adjacent to an activating group) is 1. The summed E-state index contributed by atoms with van der Waals surface area (Å²) in [4.78, 5) is 37.7. The number of hydrogen-bond acceptors (Lipinski definition) is 5. The molecule has 1 unspecified atom stereocenters. The van der Waals surface area contributed by atoms with Crippen LogP contribution in [-0.2, 0) is 20.1 Å². The van der Waals surface area contributed by atoms with E-state index in [-0.39, 0.29) is 18.7 Å². The molecule has 0 saturated carbocycles. The number of hydroxylamine groups is 2. The van der Waals surface area contributed by atoms with Gasteiger partial charge in [-0.2, -0.15) is 13.2 Å². The highest BCUT2D eigenvalue weighted by Crippen LogP contribution is 2.50. The quantitative estimate of drug-likeness (QED) is 0.388. The molecule has 0 spiro atoms. The minimum absolute atomic E-state index is 0.153. The molecule has 2 heterocycles. The van der Waals surface area contributed by atoms with Gasteiger partial charge in [0.15, 0.2) is 11.7 Å². The molecule has 2 atom stereocenters. The van der Waals surface area contributed by atoms with Crippen LogP contribution in [-0.4, -0.2) is 53.0 Å². The minimum Gasteiger partial charge on any atom is -0.372 e. The van der Waals surface area contributed by atoms with Gasteiger partial charge in [-0.05, 0) is 37.6 Å². The van der Waals surface area contributed by atoms with Crippen LogP contribution in [0.4, 0.5) is 17.6 Å². The summed E-state index contributed by atoms with van der Waals surface area (Å²) in [6.45, 7) is 3.15. The first-order chi connectivity index (χ1) is 16.9. The molecule has 36 heavy (non-hydrogen) atoms. The number of hydrogen-bond donors (Lipinski definition) is 0. The predicted molar refractivity (Wildman–Crippen MR) is 122 cm³/mol. The van der Waals surface area contributed by atoms with E-state index < -0.39 is 63.3 Å². The molecule has 192 valence electrons. The predicted octanol–water partition coefficient (Wildman–Crippen LogP) is 5.24. The molecule has 0 aliphatic carbocycles. The number of amides is 2. The Morgan fingerprint density at radius 1 is 1.25 bits per heavy atom. The normalized spacial score (nSPS) is 22.0. The summed E-state index contributed by atoms with van der Waals surface area (Å²) in [7, 11) is 0. The van der Waals surface area contributed by atoms with Gasteiger partial charge in [-0.15, -0.1) is 0 Å². The van der Waals surface area contributed by atoms with Crippen LogP contribution in [0.1, 0.15) is 34.8 Å². The van der Waals surface area contributed by atoms with Crippen LogP contribution in [0.3, 0.4) is 0 Å². The molecule has 2 aromatic rings. The minimum atomic E-state index is -5.09. The Bertz CT molecular complexity index is 1230. The second-order valence-electron chi connectivity index (χ2n) is 8.19. The lowest BCUT2D eigenvalue weighted by Gasteiger charge is -2.31. The maximum Gasteiger partial charge on any atom is 0.435 e. The molecule has 0 bridgehead atoms. The first kappa shape index (κ1) is 26.2. The standard InChI is InChI=1S/C23H19Cl2F4N3O4/c1-3-31-21(34)17(11-35-31)32(20(33)14-7-5-4-6-12(14)2)18-10-22(36-30-18,23(27,28)29)13-8-15(24)19(26)16(25)9-13/h4-9,17H,3,10-11H2,1-2H3/t17-,22?/m1/s1. The average molecular weight is 548 g/mol. The summed E-state index contributed by atoms with van der Waals surface area (Å²) in [5.74, 6) is -2.94. The number of halogens is 6. The van der Waals surface area contributed by atoms with Crippen molar-refractivity contribution in [3.8, 4) is 0 Å². The first-order valence-electron chi connectivity index (χ1n) is 10.7. The molecule has 13 heteroatoms. The molecular weight excluding hydrogens is 529 g/mol. The van der Waals surface area contributed by atoms with Crippen molar-refractivity contribution in [3.05, 3.63) is 69.0 Å². The van der Waals surface area contributed by atoms with Crippen molar-refractivity contribution >= 4 is 40.9 Å². The van der Waals surface area contributed by atoms with Crippen LogP contribution in [0, 0.1) is 12.7 Å². The summed E-state index contributed by atoms with van der Waals surface area (Å²) in [5, 5.41) is 3.33. The zero-order chi connectivity index (χ0) is 26.4. The second-order valence-corrected chi connectivity index (χ2v) is 9.00. The molecule has 2 amide bonds. The molecule has 0 N–H and O–H groups in total. The third kappa shape index (κ3) is 4.29. The van der Waals surface area contributed by atoms with Gasteiger partial charge in [-0.1, -0.05) is 46.6 Å². The molecule has 1 saturated heterocycles. The number of nitrogens with zero attached hydrogens (tertiary/aromatic N) is 3. The topological polar surface area (TPSA) is 71.4 Å². The smallest absolute Gasteiger partial charge is 0.372 e. The SMILES string of the molecule is CCN1OC[C@@H](N(C(=O)c2ccccc2C)C2=NOC(c3cc(Cl)c(F)c(Cl)c3)(C(F)(F)F)C2)C1=O. The van der Waals surface area contributed by atoms with Crippen molar-refractivity contribution in [1.82, 2.24) is 9.96 Å². The monoisotopic (exact) mass is 547 g/mol. The van der Waals surface area contributed by atoms with E-state index in [2.05, 4.69) is 5.16 Å². The number of benzene rings is 2. The zero-order valence-electron chi connectivity index (χ0n) is 18.9. The number of amidine groups is 1. The Kier molecular flexibility index (Phi) is 6.93. The second kappa shape index (κ2) is 9.53.